The minimum atomic E-state index is -3.93. The first kappa shape index (κ1) is 17.2. The average molecular weight is 381 g/mol. The van der Waals surface area contributed by atoms with Crippen molar-refractivity contribution in [3.05, 3.63) is 51.5 Å². The normalized spacial score (nSPS) is 11.3. The molecule has 0 saturated carbocycles. The van der Waals surface area contributed by atoms with Gasteiger partial charge in [0.05, 0.1) is 17.3 Å². The minimum absolute atomic E-state index is 0.0714. The molecular weight excluding hydrogens is 369 g/mol. The van der Waals surface area contributed by atoms with Crippen LogP contribution in [0.5, 0.6) is 5.75 Å². The van der Waals surface area contributed by atoms with Crippen LogP contribution in [0.4, 0.5) is 5.69 Å². The van der Waals surface area contributed by atoms with E-state index in [2.05, 4.69) is 4.72 Å². The number of rotatable bonds is 5. The zero-order chi connectivity index (χ0) is 16.3. The molecule has 2 aromatic carbocycles. The summed E-state index contributed by atoms with van der Waals surface area (Å²) in [5.74, 6) is 0.206. The van der Waals surface area contributed by atoms with Gasteiger partial charge in [0.2, 0.25) is 0 Å². The molecule has 0 saturated heterocycles. The molecule has 0 spiro atoms. The van der Waals surface area contributed by atoms with Gasteiger partial charge in [-0.1, -0.05) is 34.8 Å². The van der Waals surface area contributed by atoms with Crippen molar-refractivity contribution in [2.24, 2.45) is 0 Å². The molecular formula is C14H12Cl3NO3S. The monoisotopic (exact) mass is 379 g/mol. The molecule has 0 fully saturated rings. The molecule has 0 radical (unpaired) electrons. The third-order valence-electron chi connectivity index (χ3n) is 2.67. The summed E-state index contributed by atoms with van der Waals surface area (Å²) < 4.78 is 32.8. The fraction of sp³-hybridized carbons (Fsp3) is 0.143. The lowest BCUT2D eigenvalue weighted by Crippen LogP contribution is -2.15. The predicted molar refractivity (Wildman–Crippen MR) is 89.9 cm³/mol. The van der Waals surface area contributed by atoms with Crippen molar-refractivity contribution in [2.75, 3.05) is 11.3 Å². The molecule has 0 atom stereocenters. The van der Waals surface area contributed by atoms with E-state index in [0.29, 0.717) is 11.6 Å². The fourth-order valence-corrected chi connectivity index (χ4v) is 3.61. The topological polar surface area (TPSA) is 55.4 Å². The molecule has 0 aliphatic rings. The molecule has 2 aromatic rings. The number of anilines is 1. The van der Waals surface area contributed by atoms with Crippen LogP contribution >= 0.6 is 34.8 Å². The Morgan fingerprint density at radius 3 is 2.36 bits per heavy atom. The highest BCUT2D eigenvalue weighted by molar-refractivity contribution is 7.92. The minimum Gasteiger partial charge on any atom is -0.492 e. The summed E-state index contributed by atoms with van der Waals surface area (Å²) in [6.07, 6.45) is 0. The zero-order valence-corrected chi connectivity index (χ0v) is 14.5. The van der Waals surface area contributed by atoms with Gasteiger partial charge in [0.15, 0.2) is 0 Å². The Morgan fingerprint density at radius 2 is 1.68 bits per heavy atom. The highest BCUT2D eigenvalue weighted by Crippen LogP contribution is 2.32. The second-order valence-corrected chi connectivity index (χ2v) is 7.18. The van der Waals surface area contributed by atoms with Crippen molar-refractivity contribution in [1.29, 1.82) is 0 Å². The first-order chi connectivity index (χ1) is 10.3. The maximum Gasteiger partial charge on any atom is 0.265 e. The maximum atomic E-state index is 12.6. The third-order valence-corrected chi connectivity index (χ3v) is 4.85. The van der Waals surface area contributed by atoms with Crippen LogP contribution in [0, 0.1) is 0 Å². The number of hydrogen-bond donors (Lipinski definition) is 1. The van der Waals surface area contributed by atoms with Crippen LogP contribution in [0.25, 0.3) is 0 Å². The van der Waals surface area contributed by atoms with Gasteiger partial charge >= 0.3 is 0 Å². The van der Waals surface area contributed by atoms with E-state index in [-0.39, 0.29) is 26.4 Å². The summed E-state index contributed by atoms with van der Waals surface area (Å²) in [4.78, 5) is -0.0714. The Bertz CT molecular complexity index is 794. The van der Waals surface area contributed by atoms with Crippen LogP contribution in [-0.2, 0) is 10.0 Å². The molecule has 0 aliphatic heterocycles. The first-order valence-corrected chi connectivity index (χ1v) is 8.85. The van der Waals surface area contributed by atoms with Crippen LogP contribution < -0.4 is 9.46 Å². The lowest BCUT2D eigenvalue weighted by atomic mass is 10.3. The molecule has 0 bridgehead atoms. The zero-order valence-electron chi connectivity index (χ0n) is 11.4. The summed E-state index contributed by atoms with van der Waals surface area (Å²) in [5, 5.41) is 0.868. The number of nitrogens with one attached hydrogen (secondary N) is 1. The fourth-order valence-electron chi connectivity index (χ4n) is 1.74. The number of sulfonamides is 1. The van der Waals surface area contributed by atoms with Crippen molar-refractivity contribution in [2.45, 2.75) is 11.8 Å². The van der Waals surface area contributed by atoms with E-state index in [0.717, 1.165) is 0 Å². The lowest BCUT2D eigenvalue weighted by molar-refractivity contribution is 0.331. The van der Waals surface area contributed by atoms with Gasteiger partial charge < -0.3 is 4.74 Å². The lowest BCUT2D eigenvalue weighted by Gasteiger charge is -2.14. The van der Waals surface area contributed by atoms with Gasteiger partial charge in [-0.05, 0) is 43.3 Å². The van der Waals surface area contributed by atoms with Crippen molar-refractivity contribution in [1.82, 2.24) is 0 Å². The van der Waals surface area contributed by atoms with Gasteiger partial charge in [0, 0.05) is 10.0 Å². The number of halogens is 3. The van der Waals surface area contributed by atoms with Gasteiger partial charge in [-0.25, -0.2) is 8.42 Å². The Balaban J connectivity index is 2.46. The summed E-state index contributed by atoms with van der Waals surface area (Å²) in [6, 6.07) is 8.85. The van der Waals surface area contributed by atoms with Crippen LogP contribution in [0.3, 0.4) is 0 Å². The van der Waals surface area contributed by atoms with Crippen molar-refractivity contribution >= 4 is 50.5 Å². The Labute approximate surface area is 144 Å². The molecule has 0 aromatic heterocycles. The summed E-state index contributed by atoms with van der Waals surface area (Å²) in [5.41, 5.74) is 0.177. The van der Waals surface area contributed by atoms with Gasteiger partial charge in [0.25, 0.3) is 10.0 Å². The number of ether oxygens (including phenoxy) is 1. The van der Waals surface area contributed by atoms with E-state index in [1.165, 1.54) is 24.3 Å². The van der Waals surface area contributed by atoms with Crippen molar-refractivity contribution in [3.8, 4) is 5.75 Å². The molecule has 118 valence electrons. The maximum absolute atomic E-state index is 12.6. The Morgan fingerprint density at radius 1 is 1.05 bits per heavy atom. The van der Waals surface area contributed by atoms with E-state index >= 15 is 0 Å². The van der Waals surface area contributed by atoms with Gasteiger partial charge in [-0.3, -0.25) is 4.72 Å². The molecule has 22 heavy (non-hydrogen) atoms. The van der Waals surface area contributed by atoms with E-state index in [4.69, 9.17) is 39.5 Å². The standard InChI is InChI=1S/C14H12Cl3NO3S/c1-2-21-13-6-4-10(16)8-14(13)22(19,20)18-12-7-9(15)3-5-11(12)17/h3-8,18H,2H2,1H3. The Kier molecular flexibility index (Phi) is 5.45. The number of benzene rings is 2. The van der Waals surface area contributed by atoms with Gasteiger partial charge in [-0.15, -0.1) is 0 Å². The largest absolute Gasteiger partial charge is 0.492 e. The van der Waals surface area contributed by atoms with Crippen LogP contribution in [0.2, 0.25) is 15.1 Å². The van der Waals surface area contributed by atoms with Crippen molar-refractivity contribution < 1.29 is 13.2 Å². The molecule has 2 rings (SSSR count). The summed E-state index contributed by atoms with van der Waals surface area (Å²) in [7, 11) is -3.93. The van der Waals surface area contributed by atoms with E-state index in [1.54, 1.807) is 19.1 Å². The van der Waals surface area contributed by atoms with Gasteiger partial charge in [-0.2, -0.15) is 0 Å². The van der Waals surface area contributed by atoms with Crippen molar-refractivity contribution in [3.63, 3.8) is 0 Å². The average Bonchev–Trinajstić information content (AvgIpc) is 2.45. The first-order valence-electron chi connectivity index (χ1n) is 6.23. The second kappa shape index (κ2) is 6.96. The molecule has 0 heterocycles. The van der Waals surface area contributed by atoms with Crippen LogP contribution in [0.15, 0.2) is 41.3 Å². The highest BCUT2D eigenvalue weighted by Gasteiger charge is 2.21. The third kappa shape index (κ3) is 3.98. The van der Waals surface area contributed by atoms with Crippen LogP contribution in [0.1, 0.15) is 6.92 Å². The summed E-state index contributed by atoms with van der Waals surface area (Å²) in [6.45, 7) is 2.08. The van der Waals surface area contributed by atoms with E-state index in [1.807, 2.05) is 0 Å². The molecule has 1 N–H and O–H groups in total. The molecule has 8 heteroatoms. The Hall–Kier alpha value is -1.14. The highest BCUT2D eigenvalue weighted by atomic mass is 35.5. The number of hydrogen-bond acceptors (Lipinski definition) is 3. The van der Waals surface area contributed by atoms with E-state index in [9.17, 15) is 8.42 Å². The molecule has 0 amide bonds. The molecule has 0 aliphatic carbocycles. The smallest absolute Gasteiger partial charge is 0.265 e. The van der Waals surface area contributed by atoms with E-state index < -0.39 is 10.0 Å². The predicted octanol–water partition coefficient (Wildman–Crippen LogP) is 4.85. The quantitative estimate of drug-likeness (QED) is 0.807. The molecule has 4 nitrogen and oxygen atoms in total. The summed E-state index contributed by atoms with van der Waals surface area (Å²) >= 11 is 17.7. The SMILES string of the molecule is CCOc1ccc(Cl)cc1S(=O)(=O)Nc1cc(Cl)ccc1Cl. The second-order valence-electron chi connectivity index (χ2n) is 4.25. The molecule has 0 unspecified atom stereocenters. The van der Waals surface area contributed by atoms with Gasteiger partial charge in [0.1, 0.15) is 10.6 Å². The van der Waals surface area contributed by atoms with Crippen LogP contribution in [-0.4, -0.2) is 15.0 Å².